The van der Waals surface area contributed by atoms with Crippen molar-refractivity contribution in [3.05, 3.63) is 88.8 Å². The molecule has 9 nitrogen and oxygen atoms in total. The van der Waals surface area contributed by atoms with E-state index in [4.69, 9.17) is 11.6 Å². The normalized spacial score (nSPS) is 20.5. The van der Waals surface area contributed by atoms with E-state index in [1.807, 2.05) is 6.07 Å². The van der Waals surface area contributed by atoms with Crippen molar-refractivity contribution in [3.8, 4) is 6.07 Å². The molecule has 5 rings (SSSR count). The fourth-order valence-electron chi connectivity index (χ4n) is 5.58. The molecule has 0 spiro atoms. The molecule has 2 aliphatic rings. The summed E-state index contributed by atoms with van der Waals surface area (Å²) in [6.45, 7) is 0. The molecular formula is C31H27ClF3N5O4. The van der Waals surface area contributed by atoms with Crippen LogP contribution < -0.4 is 15.1 Å². The van der Waals surface area contributed by atoms with E-state index in [9.17, 15) is 37.9 Å². The lowest BCUT2D eigenvalue weighted by molar-refractivity contribution is -0.128. The lowest BCUT2D eigenvalue weighted by Crippen LogP contribution is -2.53. The molecule has 2 fully saturated rings. The van der Waals surface area contributed by atoms with Crippen molar-refractivity contribution in [1.82, 2.24) is 10.3 Å². The molecular weight excluding hydrogens is 599 g/mol. The topological polar surface area (TPSA) is 127 Å². The molecule has 1 aliphatic heterocycles. The van der Waals surface area contributed by atoms with Crippen LogP contribution in [0.3, 0.4) is 0 Å². The molecule has 13 heteroatoms. The second-order valence-electron chi connectivity index (χ2n) is 10.7. The Hall–Kier alpha value is -4.47. The van der Waals surface area contributed by atoms with Gasteiger partial charge < -0.3 is 10.4 Å². The van der Waals surface area contributed by atoms with Crippen LogP contribution >= 0.6 is 11.6 Å². The van der Waals surface area contributed by atoms with Gasteiger partial charge in [0.25, 0.3) is 11.8 Å². The van der Waals surface area contributed by atoms with Gasteiger partial charge in [-0.05, 0) is 49.2 Å². The molecule has 1 saturated carbocycles. The number of aliphatic hydroxyl groups excluding tert-OH is 1. The smallest absolute Gasteiger partial charge is 0.257 e. The minimum atomic E-state index is -2.84. The number of amides is 3. The molecule has 3 aromatic rings. The summed E-state index contributed by atoms with van der Waals surface area (Å²) in [5.41, 5.74) is 0.243. The Balaban J connectivity index is 1.61. The van der Waals surface area contributed by atoms with Gasteiger partial charge in [-0.15, -0.1) is 0 Å². The zero-order chi connectivity index (χ0) is 31.6. The number of nitrogens with zero attached hydrogens (tertiary/aromatic N) is 4. The highest BCUT2D eigenvalue weighted by molar-refractivity contribution is 6.31. The molecule has 44 heavy (non-hydrogen) atoms. The third-order valence-corrected chi connectivity index (χ3v) is 8.13. The van der Waals surface area contributed by atoms with Crippen LogP contribution in [0.25, 0.3) is 0 Å². The number of aromatic nitrogens is 1. The minimum absolute atomic E-state index is 0.000106. The molecule has 1 aromatic heterocycles. The predicted molar refractivity (Wildman–Crippen MR) is 154 cm³/mol. The van der Waals surface area contributed by atoms with Crippen LogP contribution in [0, 0.1) is 17.1 Å². The number of benzene rings is 2. The van der Waals surface area contributed by atoms with E-state index in [0.29, 0.717) is 0 Å². The van der Waals surface area contributed by atoms with Gasteiger partial charge in [-0.2, -0.15) is 5.26 Å². The molecule has 2 aromatic carbocycles. The maximum atomic E-state index is 14.6. The summed E-state index contributed by atoms with van der Waals surface area (Å²) in [7, 11) is 0. The summed E-state index contributed by atoms with van der Waals surface area (Å²) >= 11 is 6.54. The number of alkyl halides is 2. The van der Waals surface area contributed by atoms with Crippen molar-refractivity contribution in [2.45, 2.75) is 62.3 Å². The molecule has 2 heterocycles. The van der Waals surface area contributed by atoms with E-state index in [2.05, 4.69) is 10.3 Å². The Morgan fingerprint density at radius 1 is 1.14 bits per heavy atom. The van der Waals surface area contributed by atoms with E-state index >= 15 is 0 Å². The molecule has 1 aliphatic carbocycles. The van der Waals surface area contributed by atoms with E-state index in [0.717, 1.165) is 21.9 Å². The minimum Gasteiger partial charge on any atom is -0.383 e. The number of halogens is 4. The van der Waals surface area contributed by atoms with Gasteiger partial charge >= 0.3 is 0 Å². The summed E-state index contributed by atoms with van der Waals surface area (Å²) < 4.78 is 42.3. The van der Waals surface area contributed by atoms with Crippen LogP contribution in [0.5, 0.6) is 0 Å². The Labute approximate surface area is 255 Å². The van der Waals surface area contributed by atoms with Gasteiger partial charge in [0.2, 0.25) is 11.8 Å². The van der Waals surface area contributed by atoms with Crippen LogP contribution in [0.2, 0.25) is 5.02 Å². The van der Waals surface area contributed by atoms with Gasteiger partial charge in [0.1, 0.15) is 29.8 Å². The van der Waals surface area contributed by atoms with Crippen LogP contribution in [-0.4, -0.2) is 51.9 Å². The lowest BCUT2D eigenvalue weighted by atomic mass is 9.91. The monoisotopic (exact) mass is 625 g/mol. The van der Waals surface area contributed by atoms with Crippen molar-refractivity contribution in [1.29, 1.82) is 5.26 Å². The first-order valence-corrected chi connectivity index (χ1v) is 14.3. The van der Waals surface area contributed by atoms with Crippen LogP contribution in [0.4, 0.5) is 24.7 Å². The van der Waals surface area contributed by atoms with Crippen molar-refractivity contribution in [2.75, 3.05) is 9.80 Å². The van der Waals surface area contributed by atoms with E-state index in [1.165, 1.54) is 42.6 Å². The molecule has 2 unspecified atom stereocenters. The van der Waals surface area contributed by atoms with Crippen molar-refractivity contribution in [2.24, 2.45) is 0 Å². The molecule has 228 valence electrons. The third kappa shape index (κ3) is 6.39. The van der Waals surface area contributed by atoms with Crippen LogP contribution in [-0.2, 0) is 14.4 Å². The Kier molecular flexibility index (Phi) is 8.90. The number of hydrogen-bond acceptors (Lipinski definition) is 6. The number of anilines is 2. The SMILES string of the molecule is N#Cc1ccnc(N2C(=O)C(O)CC2C(=O)N(c2cccc(F)c2)[C@H](C(=O)NC2CCC(F)(F)CC2)c2ccccc2Cl)c1. The van der Waals surface area contributed by atoms with E-state index in [-0.39, 0.29) is 40.5 Å². The maximum absolute atomic E-state index is 14.6. The van der Waals surface area contributed by atoms with E-state index < -0.39 is 73.0 Å². The predicted octanol–water partition coefficient (Wildman–Crippen LogP) is 4.68. The van der Waals surface area contributed by atoms with Gasteiger partial charge in [-0.3, -0.25) is 24.2 Å². The van der Waals surface area contributed by atoms with Crippen molar-refractivity contribution >= 4 is 40.8 Å². The number of nitrogens with one attached hydrogen (secondary N) is 1. The second kappa shape index (κ2) is 12.6. The lowest BCUT2D eigenvalue weighted by Gasteiger charge is -2.37. The van der Waals surface area contributed by atoms with Crippen molar-refractivity contribution in [3.63, 3.8) is 0 Å². The van der Waals surface area contributed by atoms with Gasteiger partial charge in [-0.25, -0.2) is 18.2 Å². The van der Waals surface area contributed by atoms with Gasteiger partial charge in [0, 0.05) is 47.8 Å². The first-order chi connectivity index (χ1) is 21.0. The van der Waals surface area contributed by atoms with Crippen molar-refractivity contribution < 1.29 is 32.7 Å². The molecule has 0 bridgehead atoms. The quantitative estimate of drug-likeness (QED) is 0.393. The Bertz CT molecular complexity index is 1620. The van der Waals surface area contributed by atoms with Gasteiger partial charge in [0.15, 0.2) is 0 Å². The number of pyridine rings is 1. The number of nitriles is 1. The van der Waals surface area contributed by atoms with Crippen LogP contribution in [0.1, 0.15) is 49.3 Å². The number of rotatable bonds is 7. The fraction of sp³-hybridized carbons (Fsp3) is 0.323. The standard InChI is InChI=1S/C31H27ClF3N5O4/c32-23-7-2-1-6-22(23)27(28(42)38-20-8-11-31(34,35)12-9-20)39(21-5-3-4-19(33)15-21)29(43)24-16-25(41)30(44)40(24)26-14-18(17-36)10-13-37-26/h1-7,10,13-15,20,24-25,27,41H,8-9,11-12,16H2,(H,38,42)/t24?,25?,27-/m0/s1. The van der Waals surface area contributed by atoms with Gasteiger partial charge in [0.05, 0.1) is 11.6 Å². The number of carbonyl (C=O) groups excluding carboxylic acids is 3. The van der Waals surface area contributed by atoms with Crippen LogP contribution in [0.15, 0.2) is 66.9 Å². The highest BCUT2D eigenvalue weighted by Crippen LogP contribution is 2.37. The summed E-state index contributed by atoms with van der Waals surface area (Å²) in [6, 6.07) is 12.1. The second-order valence-corrected chi connectivity index (χ2v) is 11.1. The maximum Gasteiger partial charge on any atom is 0.257 e. The average Bonchev–Trinajstić information content (AvgIpc) is 3.30. The highest BCUT2D eigenvalue weighted by atomic mass is 35.5. The molecule has 1 saturated heterocycles. The summed E-state index contributed by atoms with van der Waals surface area (Å²) in [5, 5.41) is 22.8. The summed E-state index contributed by atoms with van der Waals surface area (Å²) in [6.07, 6.45) is -1.58. The average molecular weight is 626 g/mol. The summed E-state index contributed by atoms with van der Waals surface area (Å²) in [5.74, 6) is -6.14. The number of aliphatic hydroxyl groups is 1. The fourth-order valence-corrected chi connectivity index (χ4v) is 5.82. The highest BCUT2D eigenvalue weighted by Gasteiger charge is 2.48. The zero-order valence-electron chi connectivity index (χ0n) is 23.2. The summed E-state index contributed by atoms with van der Waals surface area (Å²) in [4.78, 5) is 47.9. The first kappa shape index (κ1) is 31.0. The van der Waals surface area contributed by atoms with Gasteiger partial charge in [-0.1, -0.05) is 35.9 Å². The van der Waals surface area contributed by atoms with E-state index in [1.54, 1.807) is 12.1 Å². The Morgan fingerprint density at radius 3 is 2.55 bits per heavy atom. The molecule has 2 N–H and O–H groups in total. The number of carbonyl (C=O) groups is 3. The largest absolute Gasteiger partial charge is 0.383 e. The zero-order valence-corrected chi connectivity index (χ0v) is 23.9. The molecule has 0 radical (unpaired) electrons. The first-order valence-electron chi connectivity index (χ1n) is 13.9. The molecule has 3 amide bonds. The Morgan fingerprint density at radius 2 is 1.86 bits per heavy atom. The molecule has 3 atom stereocenters. The number of hydrogen-bond donors (Lipinski definition) is 2. The third-order valence-electron chi connectivity index (χ3n) is 7.78.